The van der Waals surface area contributed by atoms with Gasteiger partial charge in [0.15, 0.2) is 0 Å². The Kier molecular flexibility index (Phi) is 10.7. The molecule has 8 nitrogen and oxygen atoms in total. The van der Waals surface area contributed by atoms with Crippen LogP contribution in [0.2, 0.25) is 0 Å². The summed E-state index contributed by atoms with van der Waals surface area (Å²) in [5, 5.41) is 17.6. The Morgan fingerprint density at radius 1 is 0.743 bits per heavy atom. The fourth-order valence-electron chi connectivity index (χ4n) is 3.33. The van der Waals surface area contributed by atoms with E-state index in [0.29, 0.717) is 11.1 Å². The minimum Gasteiger partial charge on any atom is -0.481 e. The zero-order valence-electron chi connectivity index (χ0n) is 19.9. The minimum atomic E-state index is -0.995. The molecule has 0 atom stereocenters. The van der Waals surface area contributed by atoms with Crippen LogP contribution in [0.4, 0.5) is 0 Å². The molecule has 0 saturated carbocycles. The maximum Gasteiger partial charge on any atom is 0.311 e. The largest absolute Gasteiger partial charge is 0.481 e. The van der Waals surface area contributed by atoms with Gasteiger partial charge in [-0.2, -0.15) is 0 Å². The highest BCUT2D eigenvalue weighted by atomic mass is 16.5. The Hall–Kier alpha value is -3.94. The molecule has 0 unspecified atom stereocenters. The van der Waals surface area contributed by atoms with E-state index in [1.54, 1.807) is 18.2 Å². The number of esters is 2. The fraction of sp³-hybridized carbons (Fsp3) is 0.333. The molecule has 0 bridgehead atoms. The number of aliphatic carboxylic acids is 2. The highest BCUT2D eigenvalue weighted by Crippen LogP contribution is 2.38. The number of hydrogen-bond donors (Lipinski definition) is 2. The van der Waals surface area contributed by atoms with Crippen LogP contribution in [0.3, 0.4) is 0 Å². The Morgan fingerprint density at radius 3 is 1.63 bits per heavy atom. The van der Waals surface area contributed by atoms with Gasteiger partial charge >= 0.3 is 23.9 Å². The number of ether oxygens (including phenoxy) is 2. The molecule has 0 aliphatic rings. The van der Waals surface area contributed by atoms with Crippen LogP contribution in [0.25, 0.3) is 12.2 Å². The number of rotatable bonds is 13. The van der Waals surface area contributed by atoms with E-state index in [-0.39, 0.29) is 55.9 Å². The zero-order chi connectivity index (χ0) is 25.8. The lowest BCUT2D eigenvalue weighted by molar-refractivity contribution is -0.139. The summed E-state index contributed by atoms with van der Waals surface area (Å²) in [4.78, 5) is 46.3. The smallest absolute Gasteiger partial charge is 0.311 e. The summed E-state index contributed by atoms with van der Waals surface area (Å²) in [5.41, 5.74) is 2.08. The molecule has 2 aromatic rings. The molecule has 0 fully saturated rings. The van der Waals surface area contributed by atoms with Gasteiger partial charge < -0.3 is 19.7 Å². The van der Waals surface area contributed by atoms with Crippen molar-refractivity contribution >= 4 is 36.0 Å². The van der Waals surface area contributed by atoms with Crippen LogP contribution in [-0.4, -0.2) is 34.1 Å². The van der Waals surface area contributed by atoms with Gasteiger partial charge in [-0.25, -0.2) is 0 Å². The van der Waals surface area contributed by atoms with Gasteiger partial charge in [0.25, 0.3) is 0 Å². The molecule has 2 rings (SSSR count). The van der Waals surface area contributed by atoms with Crippen molar-refractivity contribution in [3.8, 4) is 11.5 Å². The molecule has 8 heteroatoms. The molecule has 186 valence electrons. The Bertz CT molecular complexity index is 1010. The number of carbonyl (C=O) groups is 4. The molecule has 0 radical (unpaired) electrons. The van der Waals surface area contributed by atoms with E-state index in [9.17, 15) is 19.2 Å². The van der Waals surface area contributed by atoms with Gasteiger partial charge in [0.1, 0.15) is 11.5 Å². The van der Waals surface area contributed by atoms with Crippen LogP contribution in [0.1, 0.15) is 75.0 Å². The second-order valence-corrected chi connectivity index (χ2v) is 8.27. The molecular formula is C27H30O8. The molecule has 0 aromatic heterocycles. The average Bonchev–Trinajstić information content (AvgIpc) is 2.77. The van der Waals surface area contributed by atoms with Crippen molar-refractivity contribution in [2.75, 3.05) is 0 Å². The van der Waals surface area contributed by atoms with Crippen molar-refractivity contribution in [1.82, 2.24) is 0 Å². The lowest BCUT2D eigenvalue weighted by atomic mass is 9.98. The molecular weight excluding hydrogens is 452 g/mol. The maximum atomic E-state index is 12.4. The Labute approximate surface area is 204 Å². The average molecular weight is 483 g/mol. The molecule has 0 aliphatic carbocycles. The first-order valence-corrected chi connectivity index (χ1v) is 11.4. The normalized spacial score (nSPS) is 10.9. The van der Waals surface area contributed by atoms with Crippen LogP contribution >= 0.6 is 0 Å². The third-order valence-corrected chi connectivity index (χ3v) is 4.96. The molecule has 0 heterocycles. The van der Waals surface area contributed by atoms with Gasteiger partial charge in [-0.15, -0.1) is 0 Å². The fourth-order valence-corrected chi connectivity index (χ4v) is 3.33. The van der Waals surface area contributed by atoms with E-state index < -0.39 is 23.9 Å². The summed E-state index contributed by atoms with van der Waals surface area (Å²) >= 11 is 0. The van der Waals surface area contributed by atoms with Gasteiger partial charge in [0.2, 0.25) is 0 Å². The lowest BCUT2D eigenvalue weighted by Gasteiger charge is -2.18. The molecule has 35 heavy (non-hydrogen) atoms. The highest BCUT2D eigenvalue weighted by molar-refractivity contribution is 5.79. The minimum absolute atomic E-state index is 0.0712. The van der Waals surface area contributed by atoms with Crippen molar-refractivity contribution in [3.05, 3.63) is 59.2 Å². The van der Waals surface area contributed by atoms with E-state index in [4.69, 9.17) is 19.7 Å². The third kappa shape index (κ3) is 9.83. The van der Waals surface area contributed by atoms with E-state index in [0.717, 1.165) is 5.56 Å². The summed E-state index contributed by atoms with van der Waals surface area (Å²) in [5.74, 6) is -2.89. The molecule has 0 amide bonds. The first-order valence-electron chi connectivity index (χ1n) is 11.4. The number of carboxylic acid groups (broad SMARTS) is 2. The lowest BCUT2D eigenvalue weighted by Crippen LogP contribution is -2.14. The standard InChI is InChI=1S/C27H30O8/c1-18(2)27-21(34-25(32)12-6-10-23(28)29)16-20(15-14-19-8-4-3-5-9-19)17-22(27)35-26(33)13-7-11-24(30)31/h3-5,8-9,14-18H,6-7,10-13H2,1-2H3,(H,28,29)(H,30,31)/b15-14+. The van der Waals surface area contributed by atoms with E-state index in [1.807, 2.05) is 50.3 Å². The summed E-state index contributed by atoms with van der Waals surface area (Å²) in [7, 11) is 0. The van der Waals surface area contributed by atoms with Crippen LogP contribution in [0, 0.1) is 0 Å². The van der Waals surface area contributed by atoms with Crippen molar-refractivity contribution in [2.45, 2.75) is 58.3 Å². The van der Waals surface area contributed by atoms with Gasteiger partial charge in [-0.3, -0.25) is 19.2 Å². The Balaban J connectivity index is 2.36. The molecule has 0 saturated heterocycles. The van der Waals surface area contributed by atoms with Gasteiger partial charge in [-0.1, -0.05) is 56.3 Å². The van der Waals surface area contributed by atoms with E-state index in [2.05, 4.69) is 0 Å². The van der Waals surface area contributed by atoms with Crippen molar-refractivity contribution in [3.63, 3.8) is 0 Å². The van der Waals surface area contributed by atoms with E-state index >= 15 is 0 Å². The monoisotopic (exact) mass is 482 g/mol. The van der Waals surface area contributed by atoms with Crippen LogP contribution in [0.5, 0.6) is 11.5 Å². The first kappa shape index (κ1) is 27.3. The van der Waals surface area contributed by atoms with Gasteiger partial charge in [-0.05, 0) is 42.0 Å². The van der Waals surface area contributed by atoms with Crippen LogP contribution < -0.4 is 9.47 Å². The summed E-state index contributed by atoms with van der Waals surface area (Å²) in [6.45, 7) is 3.72. The summed E-state index contributed by atoms with van der Waals surface area (Å²) < 4.78 is 11.2. The maximum absolute atomic E-state index is 12.4. The van der Waals surface area contributed by atoms with Crippen LogP contribution in [0.15, 0.2) is 42.5 Å². The molecule has 0 spiro atoms. The number of hydrogen-bond acceptors (Lipinski definition) is 6. The topological polar surface area (TPSA) is 127 Å². The highest BCUT2D eigenvalue weighted by Gasteiger charge is 2.21. The second kappa shape index (κ2) is 13.7. The second-order valence-electron chi connectivity index (χ2n) is 8.27. The first-order chi connectivity index (χ1) is 16.7. The van der Waals surface area contributed by atoms with Crippen molar-refractivity contribution < 1.29 is 38.9 Å². The number of benzene rings is 2. The summed E-state index contributed by atoms with van der Waals surface area (Å²) in [6.07, 6.45) is 3.51. The number of carbonyl (C=O) groups excluding carboxylic acids is 2. The van der Waals surface area contributed by atoms with E-state index in [1.165, 1.54) is 0 Å². The van der Waals surface area contributed by atoms with Crippen molar-refractivity contribution in [1.29, 1.82) is 0 Å². The predicted octanol–water partition coefficient (Wildman–Crippen LogP) is 5.30. The van der Waals surface area contributed by atoms with Gasteiger partial charge in [0.05, 0.1) is 0 Å². The quantitative estimate of drug-likeness (QED) is 0.224. The number of carboxylic acids is 2. The molecule has 2 aromatic carbocycles. The van der Waals surface area contributed by atoms with Crippen LogP contribution in [-0.2, 0) is 19.2 Å². The SMILES string of the molecule is CC(C)c1c(OC(=O)CCCC(=O)O)cc(/C=C/c2ccccc2)cc1OC(=O)CCCC(=O)O. The molecule has 0 aliphatic heterocycles. The third-order valence-electron chi connectivity index (χ3n) is 4.96. The molecule has 2 N–H and O–H groups in total. The summed E-state index contributed by atoms with van der Waals surface area (Å²) in [6, 6.07) is 12.9. The van der Waals surface area contributed by atoms with Crippen molar-refractivity contribution in [2.24, 2.45) is 0 Å². The van der Waals surface area contributed by atoms with Gasteiger partial charge in [0, 0.05) is 31.2 Å². The zero-order valence-corrected chi connectivity index (χ0v) is 19.9. The predicted molar refractivity (Wildman–Crippen MR) is 130 cm³/mol. The Morgan fingerprint density at radius 2 is 1.20 bits per heavy atom.